The number of rotatable bonds is 3. The standard InChI is InChI=1S/C12H16N2O2.ClH/c1-16-10-2-3-11-9(8-10)5-7-14(11)12(15)4-6-13;/h2-3,8H,4-7,13H2,1H3;1H. The number of benzene rings is 1. The smallest absolute Gasteiger partial charge is 0.228 e. The second kappa shape index (κ2) is 5.89. The van der Waals surface area contributed by atoms with Crippen LogP contribution in [0.25, 0.3) is 0 Å². The number of methoxy groups -OCH3 is 1. The highest BCUT2D eigenvalue weighted by Crippen LogP contribution is 2.31. The highest BCUT2D eigenvalue weighted by molar-refractivity contribution is 5.95. The third kappa shape index (κ3) is 2.70. The predicted octanol–water partition coefficient (Wildman–Crippen LogP) is 1.35. The van der Waals surface area contributed by atoms with Crippen molar-refractivity contribution in [1.82, 2.24) is 0 Å². The van der Waals surface area contributed by atoms with Crippen LogP contribution in [0.1, 0.15) is 12.0 Å². The minimum Gasteiger partial charge on any atom is -0.497 e. The molecule has 2 rings (SSSR count). The van der Waals surface area contributed by atoms with Gasteiger partial charge in [0.15, 0.2) is 0 Å². The van der Waals surface area contributed by atoms with Crippen LogP contribution in [-0.4, -0.2) is 26.1 Å². The van der Waals surface area contributed by atoms with Crippen molar-refractivity contribution in [2.75, 3.05) is 25.1 Å². The summed E-state index contributed by atoms with van der Waals surface area (Å²) in [6, 6.07) is 5.81. The molecular formula is C12H17ClN2O2. The van der Waals surface area contributed by atoms with E-state index >= 15 is 0 Å². The average Bonchev–Trinajstić information content (AvgIpc) is 2.71. The number of halogens is 1. The Hall–Kier alpha value is -1.26. The summed E-state index contributed by atoms with van der Waals surface area (Å²) in [5.74, 6) is 0.943. The van der Waals surface area contributed by atoms with E-state index in [0.29, 0.717) is 13.0 Å². The fraction of sp³-hybridized carbons (Fsp3) is 0.417. The lowest BCUT2D eigenvalue weighted by molar-refractivity contribution is -0.118. The summed E-state index contributed by atoms with van der Waals surface area (Å²) < 4.78 is 5.16. The Balaban J connectivity index is 0.00000144. The summed E-state index contributed by atoms with van der Waals surface area (Å²) in [5, 5.41) is 0. The van der Waals surface area contributed by atoms with E-state index in [1.807, 2.05) is 23.1 Å². The van der Waals surface area contributed by atoms with Gasteiger partial charge in [-0.25, -0.2) is 0 Å². The van der Waals surface area contributed by atoms with Gasteiger partial charge < -0.3 is 15.4 Å². The molecule has 0 aliphatic carbocycles. The Labute approximate surface area is 107 Å². The lowest BCUT2D eigenvalue weighted by Gasteiger charge is -2.16. The Morgan fingerprint density at radius 2 is 2.29 bits per heavy atom. The zero-order valence-electron chi connectivity index (χ0n) is 9.81. The first-order chi connectivity index (χ1) is 7.76. The molecule has 4 nitrogen and oxygen atoms in total. The predicted molar refractivity (Wildman–Crippen MR) is 70.0 cm³/mol. The van der Waals surface area contributed by atoms with Crippen molar-refractivity contribution in [3.8, 4) is 5.75 Å². The largest absolute Gasteiger partial charge is 0.497 e. The molecule has 0 atom stereocenters. The molecule has 1 heterocycles. The second-order valence-corrected chi connectivity index (χ2v) is 3.83. The van der Waals surface area contributed by atoms with E-state index < -0.39 is 0 Å². The van der Waals surface area contributed by atoms with Gasteiger partial charge in [0.2, 0.25) is 5.91 Å². The maximum absolute atomic E-state index is 11.8. The SMILES string of the molecule is COc1ccc2c(c1)CCN2C(=O)CCN.Cl. The Morgan fingerprint density at radius 1 is 1.53 bits per heavy atom. The number of carbonyl (C=O) groups is 1. The van der Waals surface area contributed by atoms with E-state index in [9.17, 15) is 4.79 Å². The van der Waals surface area contributed by atoms with Crippen molar-refractivity contribution in [1.29, 1.82) is 0 Å². The molecule has 1 aromatic carbocycles. The summed E-state index contributed by atoms with van der Waals surface area (Å²) in [5.41, 5.74) is 7.57. The number of ether oxygens (including phenoxy) is 1. The summed E-state index contributed by atoms with van der Waals surface area (Å²) in [4.78, 5) is 13.6. The molecule has 17 heavy (non-hydrogen) atoms. The number of hydrogen-bond donors (Lipinski definition) is 1. The van der Waals surface area contributed by atoms with Gasteiger partial charge in [-0.3, -0.25) is 4.79 Å². The van der Waals surface area contributed by atoms with Crippen LogP contribution in [0.3, 0.4) is 0 Å². The quantitative estimate of drug-likeness (QED) is 0.888. The van der Waals surface area contributed by atoms with Crippen LogP contribution in [0.4, 0.5) is 5.69 Å². The van der Waals surface area contributed by atoms with Crippen molar-refractivity contribution in [3.05, 3.63) is 23.8 Å². The number of carbonyl (C=O) groups excluding carboxylic acids is 1. The van der Waals surface area contributed by atoms with Crippen molar-refractivity contribution in [2.45, 2.75) is 12.8 Å². The summed E-state index contributed by atoms with van der Waals surface area (Å²) in [6.45, 7) is 1.15. The highest BCUT2D eigenvalue weighted by atomic mass is 35.5. The molecule has 0 bridgehead atoms. The van der Waals surface area contributed by atoms with Gasteiger partial charge in [-0.1, -0.05) is 0 Å². The number of anilines is 1. The van der Waals surface area contributed by atoms with Crippen molar-refractivity contribution >= 4 is 24.0 Å². The summed E-state index contributed by atoms with van der Waals surface area (Å²) in [7, 11) is 1.65. The van der Waals surface area contributed by atoms with Crippen LogP contribution in [0.15, 0.2) is 18.2 Å². The maximum Gasteiger partial charge on any atom is 0.228 e. The molecule has 0 radical (unpaired) electrons. The van der Waals surface area contributed by atoms with E-state index in [1.54, 1.807) is 7.11 Å². The fourth-order valence-corrected chi connectivity index (χ4v) is 2.02. The highest BCUT2D eigenvalue weighted by Gasteiger charge is 2.24. The van der Waals surface area contributed by atoms with E-state index in [1.165, 1.54) is 5.56 Å². The molecule has 0 spiro atoms. The average molecular weight is 257 g/mol. The minimum absolute atomic E-state index is 0. The first-order valence-electron chi connectivity index (χ1n) is 5.43. The third-order valence-electron chi connectivity index (χ3n) is 2.84. The van der Waals surface area contributed by atoms with Gasteiger partial charge in [0.05, 0.1) is 7.11 Å². The van der Waals surface area contributed by atoms with Crippen molar-refractivity contribution in [3.63, 3.8) is 0 Å². The summed E-state index contributed by atoms with van der Waals surface area (Å²) >= 11 is 0. The maximum atomic E-state index is 11.8. The van der Waals surface area contributed by atoms with Crippen LogP contribution in [-0.2, 0) is 11.2 Å². The van der Waals surface area contributed by atoms with Gasteiger partial charge in [-0.15, -0.1) is 12.4 Å². The normalized spacial score (nSPS) is 12.9. The van der Waals surface area contributed by atoms with Crippen LogP contribution < -0.4 is 15.4 Å². The number of fused-ring (bicyclic) bond motifs is 1. The monoisotopic (exact) mass is 256 g/mol. The first kappa shape index (κ1) is 13.8. The zero-order chi connectivity index (χ0) is 11.5. The lowest BCUT2D eigenvalue weighted by Crippen LogP contribution is -2.30. The third-order valence-corrected chi connectivity index (χ3v) is 2.84. The molecule has 0 saturated heterocycles. The van der Waals surface area contributed by atoms with Crippen molar-refractivity contribution < 1.29 is 9.53 Å². The number of amides is 1. The van der Waals surface area contributed by atoms with E-state index in [0.717, 1.165) is 24.4 Å². The van der Waals surface area contributed by atoms with E-state index in [4.69, 9.17) is 10.5 Å². The van der Waals surface area contributed by atoms with E-state index in [-0.39, 0.29) is 18.3 Å². The van der Waals surface area contributed by atoms with Crippen LogP contribution in [0.2, 0.25) is 0 Å². The van der Waals surface area contributed by atoms with Gasteiger partial charge >= 0.3 is 0 Å². The molecule has 2 N–H and O–H groups in total. The summed E-state index contributed by atoms with van der Waals surface area (Å²) in [6.07, 6.45) is 1.30. The van der Waals surface area contributed by atoms with E-state index in [2.05, 4.69) is 0 Å². The minimum atomic E-state index is 0. The Bertz CT molecular complexity index is 409. The van der Waals surface area contributed by atoms with Gasteiger partial charge in [-0.2, -0.15) is 0 Å². The van der Waals surface area contributed by atoms with Gasteiger partial charge in [0.25, 0.3) is 0 Å². The second-order valence-electron chi connectivity index (χ2n) is 3.83. The number of hydrogen-bond acceptors (Lipinski definition) is 3. The Kier molecular flexibility index (Phi) is 4.78. The zero-order valence-corrected chi connectivity index (χ0v) is 10.6. The van der Waals surface area contributed by atoms with Crippen LogP contribution in [0.5, 0.6) is 5.75 Å². The molecule has 1 amide bonds. The molecule has 0 aromatic heterocycles. The fourth-order valence-electron chi connectivity index (χ4n) is 2.02. The molecule has 5 heteroatoms. The van der Waals surface area contributed by atoms with Gasteiger partial charge in [-0.05, 0) is 30.2 Å². The first-order valence-corrected chi connectivity index (χ1v) is 5.43. The van der Waals surface area contributed by atoms with Gasteiger partial charge in [0, 0.05) is 25.2 Å². The number of nitrogens with two attached hydrogens (primary N) is 1. The molecule has 1 aliphatic heterocycles. The molecule has 0 fully saturated rings. The molecule has 1 aliphatic rings. The topological polar surface area (TPSA) is 55.6 Å². The van der Waals surface area contributed by atoms with Crippen LogP contribution in [0, 0.1) is 0 Å². The Morgan fingerprint density at radius 3 is 2.94 bits per heavy atom. The van der Waals surface area contributed by atoms with Crippen LogP contribution >= 0.6 is 12.4 Å². The molecule has 94 valence electrons. The molecule has 1 aromatic rings. The molecule has 0 unspecified atom stereocenters. The molecular weight excluding hydrogens is 240 g/mol. The molecule has 0 saturated carbocycles. The van der Waals surface area contributed by atoms with Crippen molar-refractivity contribution in [2.24, 2.45) is 5.73 Å². The lowest BCUT2D eigenvalue weighted by atomic mass is 10.1. The van der Waals surface area contributed by atoms with Gasteiger partial charge in [0.1, 0.15) is 5.75 Å². The number of nitrogens with zero attached hydrogens (tertiary/aromatic N) is 1.